The summed E-state index contributed by atoms with van der Waals surface area (Å²) in [6, 6.07) is 2.05. The molecule has 0 saturated carbocycles. The zero-order valence-electron chi connectivity index (χ0n) is 8.73. The number of fused-ring (bicyclic) bond motifs is 1. The quantitative estimate of drug-likeness (QED) is 0.786. The van der Waals surface area contributed by atoms with Gasteiger partial charge in [0, 0.05) is 30.2 Å². The Labute approximate surface area is 90.5 Å². The monoisotopic (exact) mass is 228 g/mol. The van der Waals surface area contributed by atoms with Crippen LogP contribution in [-0.2, 0) is 6.54 Å². The molecule has 0 saturated heterocycles. The van der Waals surface area contributed by atoms with Gasteiger partial charge in [-0.15, -0.1) is 0 Å². The zero-order valence-corrected chi connectivity index (χ0v) is 8.73. The molecule has 2 rings (SSSR count). The van der Waals surface area contributed by atoms with Gasteiger partial charge in [-0.05, 0) is 13.0 Å². The lowest BCUT2D eigenvalue weighted by molar-refractivity contribution is 0.500. The lowest BCUT2D eigenvalue weighted by atomic mass is 10.2. The van der Waals surface area contributed by atoms with Crippen molar-refractivity contribution in [1.29, 1.82) is 0 Å². The zero-order chi connectivity index (χ0) is 11.9. The molecule has 0 radical (unpaired) electrons. The van der Waals surface area contributed by atoms with E-state index in [1.807, 2.05) is 0 Å². The SMILES string of the molecule is Cc1cc2c(F)cc(F)c(F)c2n1CCN. The van der Waals surface area contributed by atoms with Gasteiger partial charge in [0.05, 0.1) is 5.52 Å². The van der Waals surface area contributed by atoms with Crippen LogP contribution >= 0.6 is 0 Å². The molecule has 5 heteroatoms. The van der Waals surface area contributed by atoms with Crippen LogP contribution in [0.1, 0.15) is 5.69 Å². The third kappa shape index (κ3) is 1.48. The third-order valence-corrected chi connectivity index (χ3v) is 2.59. The van der Waals surface area contributed by atoms with E-state index in [1.165, 1.54) is 10.6 Å². The minimum Gasteiger partial charge on any atom is -0.341 e. The highest BCUT2D eigenvalue weighted by atomic mass is 19.2. The number of nitrogens with zero attached hydrogens (tertiary/aromatic N) is 1. The first-order valence-electron chi connectivity index (χ1n) is 4.89. The number of nitrogens with two attached hydrogens (primary N) is 1. The van der Waals surface area contributed by atoms with E-state index in [2.05, 4.69) is 0 Å². The molecule has 0 spiro atoms. The fourth-order valence-corrected chi connectivity index (χ4v) is 1.88. The summed E-state index contributed by atoms with van der Waals surface area (Å²) < 4.78 is 41.5. The van der Waals surface area contributed by atoms with Gasteiger partial charge in [0.2, 0.25) is 0 Å². The Kier molecular flexibility index (Phi) is 2.63. The lowest BCUT2D eigenvalue weighted by Crippen LogP contribution is -2.11. The van der Waals surface area contributed by atoms with Crippen LogP contribution in [0.25, 0.3) is 10.9 Å². The second kappa shape index (κ2) is 3.83. The van der Waals surface area contributed by atoms with Crippen LogP contribution in [0.15, 0.2) is 12.1 Å². The number of hydrogen-bond donors (Lipinski definition) is 1. The number of hydrogen-bond acceptors (Lipinski definition) is 1. The largest absolute Gasteiger partial charge is 0.341 e. The number of rotatable bonds is 2. The van der Waals surface area contributed by atoms with Gasteiger partial charge in [-0.3, -0.25) is 0 Å². The average molecular weight is 228 g/mol. The molecule has 16 heavy (non-hydrogen) atoms. The van der Waals surface area contributed by atoms with Crippen molar-refractivity contribution in [2.24, 2.45) is 5.73 Å². The van der Waals surface area contributed by atoms with Crippen molar-refractivity contribution in [1.82, 2.24) is 4.57 Å². The van der Waals surface area contributed by atoms with Crippen LogP contribution < -0.4 is 5.73 Å². The lowest BCUT2D eigenvalue weighted by Gasteiger charge is -2.07. The summed E-state index contributed by atoms with van der Waals surface area (Å²) in [6.07, 6.45) is 0. The fraction of sp³-hybridized carbons (Fsp3) is 0.273. The average Bonchev–Trinajstić information content (AvgIpc) is 2.55. The second-order valence-electron chi connectivity index (χ2n) is 3.64. The molecule has 86 valence electrons. The van der Waals surface area contributed by atoms with Crippen molar-refractivity contribution in [3.05, 3.63) is 35.3 Å². The Morgan fingerprint density at radius 2 is 1.88 bits per heavy atom. The number of aromatic nitrogens is 1. The van der Waals surface area contributed by atoms with E-state index in [4.69, 9.17) is 5.73 Å². The van der Waals surface area contributed by atoms with Crippen molar-refractivity contribution in [3.8, 4) is 0 Å². The normalized spacial score (nSPS) is 11.3. The smallest absolute Gasteiger partial charge is 0.183 e. The molecule has 2 aromatic rings. The van der Waals surface area contributed by atoms with Crippen LogP contribution in [0.4, 0.5) is 13.2 Å². The molecule has 0 fully saturated rings. The molecular formula is C11H11F3N2. The minimum atomic E-state index is -1.18. The summed E-state index contributed by atoms with van der Waals surface area (Å²) in [5.41, 5.74) is 5.98. The number of benzene rings is 1. The standard InChI is InChI=1S/C11H11F3N2/c1-6-4-7-8(12)5-9(13)10(14)11(7)16(6)3-2-15/h4-5H,2-3,15H2,1H3. The Morgan fingerprint density at radius 3 is 2.50 bits per heavy atom. The molecule has 1 aromatic heterocycles. The van der Waals surface area contributed by atoms with Crippen molar-refractivity contribution >= 4 is 10.9 Å². The maximum atomic E-state index is 13.6. The maximum Gasteiger partial charge on any atom is 0.183 e. The van der Waals surface area contributed by atoms with Gasteiger partial charge in [-0.1, -0.05) is 0 Å². The Morgan fingerprint density at radius 1 is 1.19 bits per heavy atom. The van der Waals surface area contributed by atoms with E-state index >= 15 is 0 Å². The summed E-state index contributed by atoms with van der Waals surface area (Å²) in [7, 11) is 0. The highest BCUT2D eigenvalue weighted by Crippen LogP contribution is 2.26. The molecule has 0 atom stereocenters. The molecule has 2 nitrogen and oxygen atoms in total. The highest BCUT2D eigenvalue weighted by Gasteiger charge is 2.17. The Bertz CT molecular complexity index is 546. The molecule has 1 aromatic carbocycles. The Hall–Kier alpha value is -1.49. The fourth-order valence-electron chi connectivity index (χ4n) is 1.88. The van der Waals surface area contributed by atoms with Crippen LogP contribution in [0, 0.1) is 24.4 Å². The molecule has 0 aliphatic heterocycles. The van der Waals surface area contributed by atoms with Crippen LogP contribution in [-0.4, -0.2) is 11.1 Å². The van der Waals surface area contributed by atoms with E-state index in [0.29, 0.717) is 18.3 Å². The van der Waals surface area contributed by atoms with Gasteiger partial charge in [-0.25, -0.2) is 13.2 Å². The summed E-state index contributed by atoms with van der Waals surface area (Å²) in [5, 5.41) is 0.0878. The molecule has 0 amide bonds. The van der Waals surface area contributed by atoms with Gasteiger partial charge in [-0.2, -0.15) is 0 Å². The first-order chi connectivity index (χ1) is 7.56. The molecule has 0 unspecified atom stereocenters. The summed E-state index contributed by atoms with van der Waals surface area (Å²) in [6.45, 7) is 2.31. The predicted molar refractivity (Wildman–Crippen MR) is 55.6 cm³/mol. The third-order valence-electron chi connectivity index (χ3n) is 2.59. The van der Waals surface area contributed by atoms with Crippen LogP contribution in [0.2, 0.25) is 0 Å². The number of aryl methyl sites for hydroxylation is 1. The van der Waals surface area contributed by atoms with Crippen molar-refractivity contribution in [2.45, 2.75) is 13.5 Å². The van der Waals surface area contributed by atoms with E-state index in [9.17, 15) is 13.2 Å². The minimum absolute atomic E-state index is 0.0551. The van der Waals surface area contributed by atoms with E-state index in [1.54, 1.807) is 6.92 Å². The van der Waals surface area contributed by atoms with Crippen molar-refractivity contribution in [3.63, 3.8) is 0 Å². The highest BCUT2D eigenvalue weighted by molar-refractivity contribution is 5.82. The maximum absolute atomic E-state index is 13.6. The summed E-state index contributed by atoms with van der Waals surface area (Å²) in [5.74, 6) is -2.97. The van der Waals surface area contributed by atoms with Gasteiger partial charge in [0.25, 0.3) is 0 Å². The van der Waals surface area contributed by atoms with Crippen molar-refractivity contribution in [2.75, 3.05) is 6.54 Å². The van der Waals surface area contributed by atoms with E-state index < -0.39 is 17.5 Å². The molecule has 0 aliphatic rings. The molecule has 0 bridgehead atoms. The second-order valence-corrected chi connectivity index (χ2v) is 3.64. The van der Waals surface area contributed by atoms with Gasteiger partial charge >= 0.3 is 0 Å². The van der Waals surface area contributed by atoms with Gasteiger partial charge in [0.1, 0.15) is 5.82 Å². The van der Waals surface area contributed by atoms with Gasteiger partial charge < -0.3 is 10.3 Å². The Balaban J connectivity index is 2.85. The molecule has 0 aliphatic carbocycles. The summed E-state index contributed by atoms with van der Waals surface area (Å²) >= 11 is 0. The van der Waals surface area contributed by atoms with Crippen LogP contribution in [0.5, 0.6) is 0 Å². The predicted octanol–water partition coefficient (Wildman–Crippen LogP) is 2.33. The van der Waals surface area contributed by atoms with E-state index in [0.717, 1.165) is 0 Å². The van der Waals surface area contributed by atoms with E-state index in [-0.39, 0.29) is 17.4 Å². The topological polar surface area (TPSA) is 30.9 Å². The van der Waals surface area contributed by atoms with Gasteiger partial charge in [0.15, 0.2) is 11.6 Å². The first-order valence-corrected chi connectivity index (χ1v) is 4.89. The first kappa shape index (κ1) is 11.0. The molecule has 1 heterocycles. The molecule has 2 N–H and O–H groups in total. The van der Waals surface area contributed by atoms with Crippen LogP contribution in [0.3, 0.4) is 0 Å². The number of halogens is 3. The van der Waals surface area contributed by atoms with Crippen molar-refractivity contribution < 1.29 is 13.2 Å². The summed E-state index contributed by atoms with van der Waals surface area (Å²) in [4.78, 5) is 0. The molecular weight excluding hydrogens is 217 g/mol.